The third-order valence-corrected chi connectivity index (χ3v) is 5.60. The highest BCUT2D eigenvalue weighted by Crippen LogP contribution is 2.42. The van der Waals surface area contributed by atoms with Gasteiger partial charge in [0.25, 0.3) is 0 Å². The number of nitrogens with one attached hydrogen (secondary N) is 1. The zero-order valence-corrected chi connectivity index (χ0v) is 17.4. The normalized spacial score (nSPS) is 17.9. The van der Waals surface area contributed by atoms with Crippen LogP contribution in [-0.4, -0.2) is 17.7 Å². The molecule has 0 unspecified atom stereocenters. The van der Waals surface area contributed by atoms with Crippen LogP contribution in [0.25, 0.3) is 0 Å². The van der Waals surface area contributed by atoms with Crippen LogP contribution in [0.1, 0.15) is 41.7 Å². The Morgan fingerprint density at radius 1 is 0.867 bits per heavy atom. The van der Waals surface area contributed by atoms with Gasteiger partial charge in [0.05, 0.1) is 6.10 Å². The van der Waals surface area contributed by atoms with Gasteiger partial charge in [-0.05, 0) is 42.1 Å². The number of fused-ring (bicyclic) bond motifs is 1. The third-order valence-electron chi connectivity index (χ3n) is 5.60. The fourth-order valence-electron chi connectivity index (χ4n) is 4.04. The Morgan fingerprint density at radius 2 is 1.50 bits per heavy atom. The molecule has 3 aromatic carbocycles. The number of rotatable bonds is 8. The largest absolute Gasteiger partial charge is 0.485 e. The first-order chi connectivity index (χ1) is 14.8. The maximum atomic E-state index is 10.9. The monoisotopic (exact) mass is 403 g/mol. The Kier molecular flexibility index (Phi) is 6.67. The molecule has 2 atom stereocenters. The van der Waals surface area contributed by atoms with Crippen molar-refractivity contribution in [2.75, 3.05) is 6.54 Å². The standard InChI is InChI=1S/C26H29NO3/c1-2-27-23-15-13-22-21(25(23)28)14-16-24(29-17-19-9-5-3-6-10-19)26(22)30-18-20-11-7-4-8-12-20/h3-12,14,16,23,25,27-28H,2,13,15,17-18H2,1H3/t23-,25-/m1/s1. The smallest absolute Gasteiger partial charge is 0.165 e. The van der Waals surface area contributed by atoms with E-state index in [9.17, 15) is 5.11 Å². The van der Waals surface area contributed by atoms with Gasteiger partial charge in [-0.3, -0.25) is 0 Å². The first kappa shape index (κ1) is 20.5. The van der Waals surface area contributed by atoms with E-state index in [0.717, 1.165) is 53.1 Å². The quantitative estimate of drug-likeness (QED) is 0.567. The number of ether oxygens (including phenoxy) is 2. The van der Waals surface area contributed by atoms with Crippen molar-refractivity contribution >= 4 is 0 Å². The lowest BCUT2D eigenvalue weighted by Crippen LogP contribution is -2.38. The van der Waals surface area contributed by atoms with Crippen LogP contribution in [-0.2, 0) is 19.6 Å². The Hall–Kier alpha value is -2.82. The molecule has 1 aliphatic carbocycles. The summed E-state index contributed by atoms with van der Waals surface area (Å²) >= 11 is 0. The molecular formula is C26H29NO3. The summed E-state index contributed by atoms with van der Waals surface area (Å²) in [7, 11) is 0. The maximum absolute atomic E-state index is 10.9. The van der Waals surface area contributed by atoms with Crippen LogP contribution < -0.4 is 14.8 Å². The van der Waals surface area contributed by atoms with E-state index in [0.29, 0.717) is 13.2 Å². The Morgan fingerprint density at radius 3 is 2.13 bits per heavy atom. The van der Waals surface area contributed by atoms with Crippen molar-refractivity contribution in [2.45, 2.75) is 45.1 Å². The lowest BCUT2D eigenvalue weighted by Gasteiger charge is -2.32. The van der Waals surface area contributed by atoms with Crippen molar-refractivity contribution < 1.29 is 14.6 Å². The Labute approximate surface area is 178 Å². The van der Waals surface area contributed by atoms with Gasteiger partial charge in [-0.15, -0.1) is 0 Å². The second kappa shape index (κ2) is 9.79. The van der Waals surface area contributed by atoms with E-state index in [1.165, 1.54) is 0 Å². The highest BCUT2D eigenvalue weighted by molar-refractivity contribution is 5.53. The van der Waals surface area contributed by atoms with Gasteiger partial charge < -0.3 is 19.9 Å². The fraction of sp³-hybridized carbons (Fsp3) is 0.308. The summed E-state index contributed by atoms with van der Waals surface area (Å²) < 4.78 is 12.5. The predicted octanol–water partition coefficient (Wildman–Crippen LogP) is 4.80. The predicted molar refractivity (Wildman–Crippen MR) is 119 cm³/mol. The van der Waals surface area contributed by atoms with Gasteiger partial charge in [-0.1, -0.05) is 73.7 Å². The van der Waals surface area contributed by atoms with Crippen LogP contribution in [0.2, 0.25) is 0 Å². The minimum Gasteiger partial charge on any atom is -0.485 e. The molecule has 0 saturated carbocycles. The number of hydrogen-bond donors (Lipinski definition) is 2. The SMILES string of the molecule is CCN[C@@H]1CCc2c(ccc(OCc3ccccc3)c2OCc2ccccc2)[C@H]1O. The van der Waals surface area contributed by atoms with Crippen LogP contribution in [0.4, 0.5) is 0 Å². The zero-order valence-electron chi connectivity index (χ0n) is 17.4. The molecular weight excluding hydrogens is 374 g/mol. The third kappa shape index (κ3) is 4.66. The molecule has 0 heterocycles. The van der Waals surface area contributed by atoms with Gasteiger partial charge in [0.2, 0.25) is 0 Å². The second-order valence-corrected chi connectivity index (χ2v) is 7.66. The molecule has 0 amide bonds. The van der Waals surface area contributed by atoms with Crippen molar-refractivity contribution in [2.24, 2.45) is 0 Å². The molecule has 0 fully saturated rings. The van der Waals surface area contributed by atoms with Crippen molar-refractivity contribution in [3.8, 4) is 11.5 Å². The van der Waals surface area contributed by atoms with Gasteiger partial charge >= 0.3 is 0 Å². The van der Waals surface area contributed by atoms with Crippen molar-refractivity contribution in [1.82, 2.24) is 5.32 Å². The molecule has 2 N–H and O–H groups in total. The van der Waals surface area contributed by atoms with E-state index in [2.05, 4.69) is 24.4 Å². The van der Waals surface area contributed by atoms with Gasteiger partial charge in [-0.25, -0.2) is 0 Å². The fourth-order valence-corrected chi connectivity index (χ4v) is 4.04. The summed E-state index contributed by atoms with van der Waals surface area (Å²) in [6, 6.07) is 24.2. The number of aliphatic hydroxyl groups excluding tert-OH is 1. The molecule has 0 saturated heterocycles. The molecule has 30 heavy (non-hydrogen) atoms. The summed E-state index contributed by atoms with van der Waals surface area (Å²) in [6.07, 6.45) is 1.17. The van der Waals surface area contributed by atoms with Crippen LogP contribution in [0.5, 0.6) is 11.5 Å². The second-order valence-electron chi connectivity index (χ2n) is 7.66. The number of aliphatic hydroxyl groups is 1. The first-order valence-electron chi connectivity index (χ1n) is 10.7. The molecule has 4 nitrogen and oxygen atoms in total. The van der Waals surface area contributed by atoms with Gasteiger partial charge in [0, 0.05) is 11.6 Å². The van der Waals surface area contributed by atoms with E-state index in [4.69, 9.17) is 9.47 Å². The van der Waals surface area contributed by atoms with E-state index in [1.807, 2.05) is 60.7 Å². The highest BCUT2D eigenvalue weighted by Gasteiger charge is 2.30. The Balaban J connectivity index is 1.61. The minimum atomic E-state index is -0.545. The van der Waals surface area contributed by atoms with E-state index in [-0.39, 0.29) is 6.04 Å². The van der Waals surface area contributed by atoms with E-state index >= 15 is 0 Å². The van der Waals surface area contributed by atoms with Crippen molar-refractivity contribution in [1.29, 1.82) is 0 Å². The molecule has 3 aromatic rings. The highest BCUT2D eigenvalue weighted by atomic mass is 16.5. The van der Waals surface area contributed by atoms with Crippen molar-refractivity contribution in [3.63, 3.8) is 0 Å². The number of benzene rings is 3. The Bertz CT molecular complexity index is 943. The molecule has 1 aliphatic rings. The lowest BCUT2D eigenvalue weighted by molar-refractivity contribution is 0.114. The minimum absolute atomic E-state index is 0.0700. The lowest BCUT2D eigenvalue weighted by atomic mass is 9.85. The summed E-state index contributed by atoms with van der Waals surface area (Å²) in [5, 5.41) is 14.3. The topological polar surface area (TPSA) is 50.7 Å². The molecule has 0 bridgehead atoms. The van der Waals surface area contributed by atoms with Gasteiger partial charge in [0.1, 0.15) is 13.2 Å². The molecule has 0 aromatic heterocycles. The summed E-state index contributed by atoms with van der Waals surface area (Å²) in [5.41, 5.74) is 4.20. The van der Waals surface area contributed by atoms with Crippen LogP contribution in [0, 0.1) is 0 Å². The van der Waals surface area contributed by atoms with E-state index < -0.39 is 6.10 Å². The average molecular weight is 404 g/mol. The molecule has 0 spiro atoms. The number of hydrogen-bond acceptors (Lipinski definition) is 4. The molecule has 0 radical (unpaired) electrons. The molecule has 0 aliphatic heterocycles. The zero-order chi connectivity index (χ0) is 20.8. The summed E-state index contributed by atoms with van der Waals surface area (Å²) in [5.74, 6) is 1.48. The van der Waals surface area contributed by atoms with E-state index in [1.54, 1.807) is 0 Å². The van der Waals surface area contributed by atoms with Crippen molar-refractivity contribution in [3.05, 3.63) is 95.1 Å². The average Bonchev–Trinajstić information content (AvgIpc) is 2.80. The maximum Gasteiger partial charge on any atom is 0.165 e. The van der Waals surface area contributed by atoms with Gasteiger partial charge in [0.15, 0.2) is 11.5 Å². The number of likely N-dealkylation sites (N-methyl/N-ethyl adjacent to an activating group) is 1. The van der Waals surface area contributed by atoms with Gasteiger partial charge in [-0.2, -0.15) is 0 Å². The summed E-state index contributed by atoms with van der Waals surface area (Å²) in [6.45, 7) is 3.85. The van der Waals surface area contributed by atoms with Crippen LogP contribution in [0.15, 0.2) is 72.8 Å². The molecule has 4 rings (SSSR count). The van der Waals surface area contributed by atoms with Crippen LogP contribution >= 0.6 is 0 Å². The first-order valence-corrected chi connectivity index (χ1v) is 10.7. The van der Waals surface area contributed by atoms with Crippen LogP contribution in [0.3, 0.4) is 0 Å². The summed E-state index contributed by atoms with van der Waals surface area (Å²) in [4.78, 5) is 0. The molecule has 156 valence electrons. The molecule has 4 heteroatoms.